The van der Waals surface area contributed by atoms with Crippen molar-refractivity contribution in [3.63, 3.8) is 0 Å². The van der Waals surface area contributed by atoms with Gasteiger partial charge in [0.25, 0.3) is 0 Å². The van der Waals surface area contributed by atoms with Crippen LogP contribution in [0.25, 0.3) is 0 Å². The molecule has 0 radical (unpaired) electrons. The maximum Gasteiger partial charge on any atom is 0.478 e. The Morgan fingerprint density at radius 3 is 2.17 bits per heavy atom. The van der Waals surface area contributed by atoms with Crippen LogP contribution < -0.4 is 4.74 Å². The van der Waals surface area contributed by atoms with E-state index in [1.165, 1.54) is 0 Å². The van der Waals surface area contributed by atoms with Gasteiger partial charge in [-0.15, -0.1) is 0 Å². The molecule has 158 valence electrons. The topological polar surface area (TPSA) is 54.0 Å². The zero-order valence-corrected chi connectivity index (χ0v) is 18.4. The number of rotatable bonds is 11. The van der Waals surface area contributed by atoms with Gasteiger partial charge in [-0.2, -0.15) is 0 Å². The van der Waals surface area contributed by atoms with Crippen LogP contribution in [0, 0.1) is 6.92 Å². The van der Waals surface area contributed by atoms with E-state index in [0.717, 1.165) is 16.7 Å². The summed E-state index contributed by atoms with van der Waals surface area (Å²) in [6.07, 6.45) is 0.577. The van der Waals surface area contributed by atoms with Crippen molar-refractivity contribution in [2.24, 2.45) is 0 Å². The average molecular weight is 447 g/mol. The predicted octanol–water partition coefficient (Wildman–Crippen LogP) is 6.59. The van der Waals surface area contributed by atoms with Gasteiger partial charge in [0.15, 0.2) is 6.79 Å². The Kier molecular flexibility index (Phi) is 8.50. The van der Waals surface area contributed by atoms with E-state index >= 15 is 0 Å². The van der Waals surface area contributed by atoms with Crippen molar-refractivity contribution >= 4 is 19.4 Å². The van der Waals surface area contributed by atoms with E-state index in [1.54, 1.807) is 12.1 Å². The molecule has 30 heavy (non-hydrogen) atoms. The highest BCUT2D eigenvalue weighted by atomic mass is 35.5. The number of benzene rings is 3. The van der Waals surface area contributed by atoms with Gasteiger partial charge >= 0.3 is 7.82 Å². The lowest BCUT2D eigenvalue weighted by Crippen LogP contribution is -2.08. The van der Waals surface area contributed by atoms with Gasteiger partial charge in [0.05, 0.1) is 18.2 Å². The van der Waals surface area contributed by atoms with Crippen molar-refractivity contribution in [1.29, 1.82) is 0 Å². The maximum absolute atomic E-state index is 13.1. The normalized spacial score (nSPS) is 13.0. The van der Waals surface area contributed by atoms with E-state index in [1.807, 2.05) is 73.7 Å². The lowest BCUT2D eigenvalue weighted by Gasteiger charge is -2.19. The molecule has 0 bridgehead atoms. The zero-order chi connectivity index (χ0) is 21.2. The summed E-state index contributed by atoms with van der Waals surface area (Å²) in [5.41, 5.74) is 2.93. The van der Waals surface area contributed by atoms with E-state index in [-0.39, 0.29) is 20.0 Å². The largest absolute Gasteiger partial charge is 0.478 e. The fourth-order valence-electron chi connectivity index (χ4n) is 2.64. The first-order valence-corrected chi connectivity index (χ1v) is 11.4. The molecule has 1 unspecified atom stereocenters. The van der Waals surface area contributed by atoms with Crippen LogP contribution in [-0.4, -0.2) is 13.4 Å². The third-order valence-corrected chi connectivity index (χ3v) is 5.89. The minimum atomic E-state index is -3.85. The summed E-state index contributed by atoms with van der Waals surface area (Å²) in [4.78, 5) is 0. The summed E-state index contributed by atoms with van der Waals surface area (Å²) in [6, 6.07) is 24.5. The van der Waals surface area contributed by atoms with Crippen LogP contribution in [0.4, 0.5) is 0 Å². The molecule has 0 spiro atoms. The first-order chi connectivity index (χ1) is 14.5. The second-order valence-electron chi connectivity index (χ2n) is 6.60. The molecule has 7 heteroatoms. The highest BCUT2D eigenvalue weighted by molar-refractivity contribution is 7.48. The van der Waals surface area contributed by atoms with Gasteiger partial charge in [-0.05, 0) is 42.2 Å². The molecule has 0 N–H and O–H groups in total. The molecule has 5 nitrogen and oxygen atoms in total. The molecular weight excluding hydrogens is 423 g/mol. The summed E-state index contributed by atoms with van der Waals surface area (Å²) in [5.74, 6) is 0.432. The van der Waals surface area contributed by atoms with Crippen molar-refractivity contribution in [2.45, 2.75) is 20.0 Å². The van der Waals surface area contributed by atoms with Crippen LogP contribution in [0.3, 0.4) is 0 Å². The molecule has 0 aliphatic carbocycles. The van der Waals surface area contributed by atoms with Crippen LogP contribution in [0.15, 0.2) is 78.9 Å². The fourth-order valence-corrected chi connectivity index (χ4v) is 3.95. The molecule has 1 atom stereocenters. The number of ether oxygens (including phenoxy) is 1. The molecule has 3 aromatic carbocycles. The van der Waals surface area contributed by atoms with Crippen molar-refractivity contribution < 1.29 is 22.9 Å². The number of phosphoric acid groups is 1. The Hall–Kier alpha value is -2.14. The van der Waals surface area contributed by atoms with Crippen LogP contribution in [0.2, 0.25) is 5.02 Å². The van der Waals surface area contributed by atoms with Crippen LogP contribution in [0.5, 0.6) is 5.75 Å². The average Bonchev–Trinajstić information content (AvgIpc) is 2.76. The van der Waals surface area contributed by atoms with Gasteiger partial charge in [0.2, 0.25) is 0 Å². The second-order valence-corrected chi connectivity index (χ2v) is 8.68. The molecule has 0 saturated heterocycles. The number of hydrogen-bond donors (Lipinski definition) is 0. The van der Waals surface area contributed by atoms with Gasteiger partial charge in [-0.3, -0.25) is 9.05 Å². The monoisotopic (exact) mass is 446 g/mol. The molecule has 0 aliphatic rings. The zero-order valence-electron chi connectivity index (χ0n) is 16.7. The number of halogens is 1. The maximum atomic E-state index is 13.1. The Bertz CT molecular complexity index is 966. The van der Waals surface area contributed by atoms with E-state index in [2.05, 4.69) is 0 Å². The Labute approximate surface area is 182 Å². The first-order valence-electron chi connectivity index (χ1n) is 9.54. The molecule has 3 rings (SSSR count). The fraction of sp³-hybridized carbons (Fsp3) is 0.217. The van der Waals surface area contributed by atoms with Crippen LogP contribution in [-0.2, 0) is 31.2 Å². The third-order valence-electron chi connectivity index (χ3n) is 4.23. The quantitative estimate of drug-likeness (QED) is 0.246. The summed E-state index contributed by atoms with van der Waals surface area (Å²) in [6.45, 7) is 1.88. The van der Waals surface area contributed by atoms with Crippen molar-refractivity contribution in [3.05, 3.63) is 101 Å². The van der Waals surface area contributed by atoms with Gasteiger partial charge in [-0.1, -0.05) is 78.3 Å². The lowest BCUT2D eigenvalue weighted by atomic mass is 10.2. The molecule has 0 heterocycles. The predicted molar refractivity (Wildman–Crippen MR) is 118 cm³/mol. The number of phosphoric ester groups is 1. The lowest BCUT2D eigenvalue weighted by molar-refractivity contribution is 0.0476. The Morgan fingerprint density at radius 2 is 1.50 bits per heavy atom. The SMILES string of the molecule is Cc1ccc(OCOP(=O)(OCCc2ccccc2)OCc2ccccc2)c(Cl)c1. The van der Waals surface area contributed by atoms with Crippen molar-refractivity contribution in [1.82, 2.24) is 0 Å². The van der Waals surface area contributed by atoms with Gasteiger partial charge in [-0.25, -0.2) is 9.09 Å². The first kappa shape index (κ1) is 22.5. The number of aryl methyl sites for hydroxylation is 1. The molecule has 3 aromatic rings. The highest BCUT2D eigenvalue weighted by Crippen LogP contribution is 2.50. The summed E-state index contributed by atoms with van der Waals surface area (Å²) in [5, 5.41) is 0.448. The Morgan fingerprint density at radius 1 is 0.833 bits per heavy atom. The molecular formula is C23H24ClO5P. The van der Waals surface area contributed by atoms with Crippen LogP contribution >= 0.6 is 19.4 Å². The molecule has 0 amide bonds. The van der Waals surface area contributed by atoms with Gasteiger partial charge < -0.3 is 4.74 Å². The molecule has 0 fully saturated rings. The summed E-state index contributed by atoms with van der Waals surface area (Å²) >= 11 is 6.16. The highest BCUT2D eigenvalue weighted by Gasteiger charge is 2.27. The third kappa shape index (κ3) is 7.28. The van der Waals surface area contributed by atoms with E-state index < -0.39 is 7.82 Å². The van der Waals surface area contributed by atoms with Crippen LogP contribution in [0.1, 0.15) is 16.7 Å². The molecule has 0 saturated carbocycles. The standard InChI is InChI=1S/C23H24ClO5P/c1-19-12-13-23(22(24)16-19)26-18-29-30(25,28-17-21-10-6-3-7-11-21)27-15-14-20-8-4-2-5-9-20/h2-13,16H,14-15,17-18H2,1H3. The van der Waals surface area contributed by atoms with E-state index in [4.69, 9.17) is 29.9 Å². The summed E-state index contributed by atoms with van der Waals surface area (Å²) in [7, 11) is -3.85. The minimum Gasteiger partial charge on any atom is -0.465 e. The van der Waals surface area contributed by atoms with Gasteiger partial charge in [0.1, 0.15) is 5.75 Å². The molecule has 0 aromatic heterocycles. The second kappa shape index (κ2) is 11.3. The molecule has 0 aliphatic heterocycles. The number of hydrogen-bond acceptors (Lipinski definition) is 5. The Balaban J connectivity index is 1.59. The van der Waals surface area contributed by atoms with Crippen molar-refractivity contribution in [3.8, 4) is 5.75 Å². The van der Waals surface area contributed by atoms with E-state index in [9.17, 15) is 4.57 Å². The smallest absolute Gasteiger partial charge is 0.465 e. The van der Waals surface area contributed by atoms with Crippen molar-refractivity contribution in [2.75, 3.05) is 13.4 Å². The van der Waals surface area contributed by atoms with Gasteiger partial charge in [0, 0.05) is 0 Å². The summed E-state index contributed by atoms with van der Waals surface area (Å²) < 4.78 is 35.1. The minimum absolute atomic E-state index is 0.0920. The van der Waals surface area contributed by atoms with E-state index in [0.29, 0.717) is 17.2 Å².